The summed E-state index contributed by atoms with van der Waals surface area (Å²) in [4.78, 5) is 0. The molecule has 0 unspecified atom stereocenters. The third-order valence-electron chi connectivity index (χ3n) is 2.45. The molecule has 1 aromatic heterocycles. The molecule has 1 N–H and O–H groups in total. The van der Waals surface area contributed by atoms with Crippen molar-refractivity contribution in [2.75, 3.05) is 0 Å². The third kappa shape index (κ3) is 3.79. The van der Waals surface area contributed by atoms with Crippen LogP contribution in [0.1, 0.15) is 11.1 Å². The number of hydrogen-bond donors (Lipinski definition) is 1. The number of halogens is 2. The summed E-state index contributed by atoms with van der Waals surface area (Å²) in [5.41, 5.74) is 1.73. The van der Waals surface area contributed by atoms with Crippen molar-refractivity contribution < 1.29 is 8.42 Å². The molecule has 3 nitrogen and oxygen atoms in total. The Morgan fingerprint density at radius 3 is 2.68 bits per heavy atom. The van der Waals surface area contributed by atoms with E-state index in [4.69, 9.17) is 11.6 Å². The van der Waals surface area contributed by atoms with E-state index >= 15 is 0 Å². The largest absolute Gasteiger partial charge is 0.250 e. The van der Waals surface area contributed by atoms with E-state index < -0.39 is 10.0 Å². The maximum absolute atomic E-state index is 12.1. The molecule has 0 aliphatic carbocycles. The molecule has 0 amide bonds. The van der Waals surface area contributed by atoms with Gasteiger partial charge in [0, 0.05) is 11.6 Å². The van der Waals surface area contributed by atoms with Gasteiger partial charge in [0.1, 0.15) is 4.21 Å². The van der Waals surface area contributed by atoms with Crippen molar-refractivity contribution in [2.45, 2.75) is 17.7 Å². The van der Waals surface area contributed by atoms with E-state index in [2.05, 4.69) is 20.7 Å². The first kappa shape index (κ1) is 15.0. The van der Waals surface area contributed by atoms with Gasteiger partial charge in [-0.05, 0) is 52.2 Å². The number of thiophene rings is 1. The molecule has 19 heavy (non-hydrogen) atoms. The first-order valence-electron chi connectivity index (χ1n) is 5.38. The zero-order valence-electron chi connectivity index (χ0n) is 9.98. The van der Waals surface area contributed by atoms with Crippen molar-refractivity contribution in [1.82, 2.24) is 4.72 Å². The standard InChI is InChI=1S/C12H11BrClNO2S2/c1-8-5-11(18-12(8)13)19(16,17)15-7-9-3-2-4-10(14)6-9/h2-6,15H,7H2,1H3. The Morgan fingerprint density at radius 1 is 1.37 bits per heavy atom. The molecule has 0 aliphatic heterocycles. The van der Waals surface area contributed by atoms with E-state index in [9.17, 15) is 8.42 Å². The smallest absolute Gasteiger partial charge is 0.206 e. The van der Waals surface area contributed by atoms with Crippen LogP contribution in [-0.2, 0) is 16.6 Å². The Morgan fingerprint density at radius 2 is 2.11 bits per heavy atom. The summed E-state index contributed by atoms with van der Waals surface area (Å²) >= 11 is 10.4. The van der Waals surface area contributed by atoms with Crippen LogP contribution in [0.25, 0.3) is 0 Å². The molecule has 0 saturated heterocycles. The van der Waals surface area contributed by atoms with Gasteiger partial charge < -0.3 is 0 Å². The summed E-state index contributed by atoms with van der Waals surface area (Å²) in [6.07, 6.45) is 0. The maximum Gasteiger partial charge on any atom is 0.250 e. The fraction of sp³-hybridized carbons (Fsp3) is 0.167. The van der Waals surface area contributed by atoms with Gasteiger partial charge in [0.15, 0.2) is 0 Å². The van der Waals surface area contributed by atoms with Crippen LogP contribution in [0.15, 0.2) is 38.3 Å². The van der Waals surface area contributed by atoms with E-state index in [1.165, 1.54) is 11.3 Å². The lowest BCUT2D eigenvalue weighted by Crippen LogP contribution is -2.22. The van der Waals surface area contributed by atoms with Gasteiger partial charge in [0.2, 0.25) is 10.0 Å². The summed E-state index contributed by atoms with van der Waals surface area (Å²) in [5.74, 6) is 0. The molecule has 0 aliphatic rings. The molecule has 0 fully saturated rings. The SMILES string of the molecule is Cc1cc(S(=O)(=O)NCc2cccc(Cl)c2)sc1Br. The Kier molecular flexibility index (Phi) is 4.68. The van der Waals surface area contributed by atoms with Crippen LogP contribution in [0.4, 0.5) is 0 Å². The van der Waals surface area contributed by atoms with Gasteiger partial charge in [-0.1, -0.05) is 23.7 Å². The zero-order chi connectivity index (χ0) is 14.0. The second kappa shape index (κ2) is 5.93. The Hall–Kier alpha value is -0.400. The molecule has 7 heteroatoms. The van der Waals surface area contributed by atoms with E-state index in [1.54, 1.807) is 24.3 Å². The fourth-order valence-electron chi connectivity index (χ4n) is 1.46. The monoisotopic (exact) mass is 379 g/mol. The highest BCUT2D eigenvalue weighted by Crippen LogP contribution is 2.30. The molecule has 1 heterocycles. The van der Waals surface area contributed by atoms with Crippen LogP contribution in [0.5, 0.6) is 0 Å². The minimum atomic E-state index is -3.48. The zero-order valence-corrected chi connectivity index (χ0v) is 14.0. The van der Waals surface area contributed by atoms with Crippen LogP contribution < -0.4 is 4.72 Å². The highest BCUT2D eigenvalue weighted by Gasteiger charge is 2.17. The number of hydrogen-bond acceptors (Lipinski definition) is 3. The molecular formula is C12H11BrClNO2S2. The average molecular weight is 381 g/mol. The van der Waals surface area contributed by atoms with Crippen molar-refractivity contribution in [1.29, 1.82) is 0 Å². The van der Waals surface area contributed by atoms with Crippen LogP contribution in [0, 0.1) is 6.92 Å². The Labute approximate surface area is 129 Å². The lowest BCUT2D eigenvalue weighted by molar-refractivity contribution is 0.583. The summed E-state index contributed by atoms with van der Waals surface area (Å²) in [7, 11) is -3.48. The summed E-state index contributed by atoms with van der Waals surface area (Å²) < 4.78 is 27.9. The first-order chi connectivity index (χ1) is 8.88. The van der Waals surface area contributed by atoms with Crippen molar-refractivity contribution in [3.8, 4) is 0 Å². The van der Waals surface area contributed by atoms with Crippen molar-refractivity contribution in [3.05, 3.63) is 50.3 Å². The van der Waals surface area contributed by atoms with Crippen LogP contribution in [0.2, 0.25) is 5.02 Å². The number of sulfonamides is 1. The molecule has 0 spiro atoms. The third-order valence-corrected chi connectivity index (χ3v) is 6.70. The van der Waals surface area contributed by atoms with Crippen molar-refractivity contribution >= 4 is 48.9 Å². The van der Waals surface area contributed by atoms with Crippen LogP contribution in [-0.4, -0.2) is 8.42 Å². The highest BCUT2D eigenvalue weighted by molar-refractivity contribution is 9.11. The van der Waals surface area contributed by atoms with Crippen LogP contribution in [0.3, 0.4) is 0 Å². The van der Waals surface area contributed by atoms with Crippen molar-refractivity contribution in [3.63, 3.8) is 0 Å². The lowest BCUT2D eigenvalue weighted by atomic mass is 10.2. The van der Waals surface area contributed by atoms with E-state index in [-0.39, 0.29) is 6.54 Å². The molecule has 1 aromatic carbocycles. The second-order valence-corrected chi connectivity index (χ2v) is 8.78. The first-order valence-corrected chi connectivity index (χ1v) is 8.85. The van der Waals surface area contributed by atoms with Crippen LogP contribution >= 0.6 is 38.9 Å². The van der Waals surface area contributed by atoms with Gasteiger partial charge in [0.25, 0.3) is 0 Å². The van der Waals surface area contributed by atoms with Gasteiger partial charge in [-0.2, -0.15) is 0 Å². The van der Waals surface area contributed by atoms with Crippen molar-refractivity contribution in [2.24, 2.45) is 0 Å². The van der Waals surface area contributed by atoms with E-state index in [0.717, 1.165) is 14.9 Å². The molecule has 2 rings (SSSR count). The molecule has 0 radical (unpaired) electrons. The number of rotatable bonds is 4. The molecule has 0 bridgehead atoms. The van der Waals surface area contributed by atoms with Gasteiger partial charge >= 0.3 is 0 Å². The number of nitrogens with one attached hydrogen (secondary N) is 1. The minimum Gasteiger partial charge on any atom is -0.206 e. The minimum absolute atomic E-state index is 0.220. The highest BCUT2D eigenvalue weighted by atomic mass is 79.9. The van der Waals surface area contributed by atoms with Gasteiger partial charge in [0.05, 0.1) is 3.79 Å². The second-order valence-electron chi connectivity index (χ2n) is 3.98. The maximum atomic E-state index is 12.1. The normalized spacial score (nSPS) is 11.7. The van der Waals surface area contributed by atoms with Gasteiger partial charge in [-0.15, -0.1) is 11.3 Å². The molecule has 2 aromatic rings. The Balaban J connectivity index is 2.14. The predicted molar refractivity (Wildman–Crippen MR) is 82.2 cm³/mol. The fourth-order valence-corrected chi connectivity index (χ4v) is 4.96. The van der Waals surface area contributed by atoms with E-state index in [1.807, 2.05) is 13.0 Å². The number of benzene rings is 1. The predicted octanol–water partition coefficient (Wildman–Crippen LogP) is 3.95. The summed E-state index contributed by atoms with van der Waals surface area (Å²) in [5, 5.41) is 0.589. The van der Waals surface area contributed by atoms with E-state index in [0.29, 0.717) is 9.23 Å². The average Bonchev–Trinajstić information content (AvgIpc) is 2.68. The molecule has 0 saturated carbocycles. The number of aryl methyl sites for hydroxylation is 1. The molecular weight excluding hydrogens is 370 g/mol. The Bertz CT molecular complexity index is 678. The van der Waals surface area contributed by atoms with Gasteiger partial charge in [-0.25, -0.2) is 13.1 Å². The van der Waals surface area contributed by atoms with Gasteiger partial charge in [-0.3, -0.25) is 0 Å². The summed E-state index contributed by atoms with van der Waals surface area (Å²) in [6.45, 7) is 2.08. The lowest BCUT2D eigenvalue weighted by Gasteiger charge is -2.05. The summed E-state index contributed by atoms with van der Waals surface area (Å²) in [6, 6.07) is 8.75. The molecule has 102 valence electrons. The molecule has 0 atom stereocenters. The topological polar surface area (TPSA) is 46.2 Å². The quantitative estimate of drug-likeness (QED) is 0.873.